The summed E-state index contributed by atoms with van der Waals surface area (Å²) in [6, 6.07) is 31.8. The van der Waals surface area contributed by atoms with Crippen molar-refractivity contribution >= 4 is 154 Å². The lowest BCUT2D eigenvalue weighted by molar-refractivity contribution is -0.112. The number of rotatable bonds is 33. The molecule has 19 rings (SSSR count). The van der Waals surface area contributed by atoms with E-state index in [1.165, 1.54) is 24.3 Å². The van der Waals surface area contributed by atoms with E-state index in [4.69, 9.17) is 43.6 Å². The van der Waals surface area contributed by atoms with Crippen molar-refractivity contribution in [2.75, 3.05) is 201 Å². The topological polar surface area (TPSA) is 419 Å². The second-order valence-electron chi connectivity index (χ2n) is 36.0. The SMILES string of the molecule is C=CC(=O)Nc1cc(Nc2nc(-c3ccn(C)c3)c3cc[nH]c3n2)c(OC)cc1N1CC(N(C)C)C1.C=CC(=O)Nc1cc(Nc2nc(-c3ccn(C)c3)c3cc[nH]c3n2)c(OC)cc1N1CCC(N(C)C)CC1.C=CC(=O)Nc1cc(Nc2nc(-c3ccn(C)c3)c3cc[nH]c3n2)c(OC)cc1N1CCN(C)CC1.C=CC(=O)Nc1cc(Nc2nc(-c3ccn(C)c3)c3cc[nH]c3n2)c(OC)cc1OCCN(C)C. The molecule has 3 fully saturated rings. The number of fused-ring (bicyclic) bond motifs is 4. The zero-order valence-corrected chi connectivity index (χ0v) is 84.1. The first-order chi connectivity index (χ1) is 70.0. The van der Waals surface area contributed by atoms with Gasteiger partial charge in [-0.15, -0.1) is 0 Å². The lowest BCUT2D eigenvalue weighted by Crippen LogP contribution is -2.57. The Bertz CT molecular complexity index is 7390. The third-order valence-electron chi connectivity index (χ3n) is 25.2. The number of piperidine rings is 1. The first-order valence-electron chi connectivity index (χ1n) is 47.2. The number of hydrogen-bond donors (Lipinski definition) is 12. The molecule has 12 N–H and O–H groups in total. The highest BCUT2D eigenvalue weighted by molar-refractivity contribution is 6.06. The molecule has 4 aromatic carbocycles. The summed E-state index contributed by atoms with van der Waals surface area (Å²) in [6.07, 6.45) is 30.4. The number of benzene rings is 4. The van der Waals surface area contributed by atoms with Crippen LogP contribution in [0.25, 0.3) is 89.2 Å². The van der Waals surface area contributed by atoms with Gasteiger partial charge in [0.05, 0.1) is 114 Å². The average molecular weight is 1960 g/mol. The Morgan fingerprint density at radius 3 is 0.952 bits per heavy atom. The van der Waals surface area contributed by atoms with Crippen molar-refractivity contribution in [3.63, 3.8) is 0 Å². The van der Waals surface area contributed by atoms with Crippen molar-refractivity contribution in [3.8, 4) is 73.8 Å². The van der Waals surface area contributed by atoms with Gasteiger partial charge in [0.1, 0.15) is 57.9 Å². The van der Waals surface area contributed by atoms with Crippen LogP contribution in [0.3, 0.4) is 0 Å². The highest BCUT2D eigenvalue weighted by Crippen LogP contribution is 2.46. The van der Waals surface area contributed by atoms with Gasteiger partial charge in [-0.2, -0.15) is 19.9 Å². The lowest BCUT2D eigenvalue weighted by Gasteiger charge is -2.45. The van der Waals surface area contributed by atoms with E-state index in [-0.39, 0.29) is 23.6 Å². The summed E-state index contributed by atoms with van der Waals surface area (Å²) < 4.78 is 36.7. The van der Waals surface area contributed by atoms with Gasteiger partial charge in [-0.3, -0.25) is 19.2 Å². The molecule has 12 aromatic heterocycles. The molecule has 15 heterocycles. The fraction of sp³-hybridized carbons (Fsp3) is 0.276. The molecule has 40 heteroatoms. The zero-order valence-electron chi connectivity index (χ0n) is 84.1. The molecule has 0 spiro atoms. The highest BCUT2D eigenvalue weighted by Gasteiger charge is 2.33. The number of hydrogen-bond acceptors (Lipinski definition) is 28. The van der Waals surface area contributed by atoms with Crippen LogP contribution in [0.5, 0.6) is 28.7 Å². The van der Waals surface area contributed by atoms with E-state index in [1.54, 1.807) is 40.6 Å². The van der Waals surface area contributed by atoms with Crippen molar-refractivity contribution in [3.05, 3.63) is 222 Å². The van der Waals surface area contributed by atoms with Gasteiger partial charge in [-0.05, 0) is 159 Å². The maximum atomic E-state index is 12.4. The first kappa shape index (κ1) is 101. The van der Waals surface area contributed by atoms with Crippen LogP contribution in [0.2, 0.25) is 0 Å². The molecule has 0 atom stereocenters. The van der Waals surface area contributed by atoms with Crippen molar-refractivity contribution in [1.82, 2.24) is 97.7 Å². The molecule has 0 radical (unpaired) electrons. The van der Waals surface area contributed by atoms with Gasteiger partial charge in [0.25, 0.3) is 0 Å². The van der Waals surface area contributed by atoms with Crippen LogP contribution in [0, 0.1) is 0 Å². The number of likely N-dealkylation sites (N-methyl/N-ethyl adjacent to an activating group) is 3. The largest absolute Gasteiger partial charge is 0.494 e. The number of aromatic nitrogens is 16. The number of carbonyl (C=O) groups is 4. The summed E-state index contributed by atoms with van der Waals surface area (Å²) in [5.41, 5.74) is 17.7. The highest BCUT2D eigenvalue weighted by atomic mass is 16.5. The predicted octanol–water partition coefficient (Wildman–Crippen LogP) is 15.3. The Morgan fingerprint density at radius 1 is 0.366 bits per heavy atom. The van der Waals surface area contributed by atoms with Crippen LogP contribution in [0.15, 0.2) is 222 Å². The summed E-state index contributed by atoms with van der Waals surface area (Å²) >= 11 is 0. The number of nitrogens with zero attached hydrogens (tertiary/aromatic N) is 19. The maximum absolute atomic E-state index is 12.4. The number of aryl methyl sites for hydroxylation is 4. The molecule has 0 bridgehead atoms. The van der Waals surface area contributed by atoms with Crippen molar-refractivity contribution in [1.29, 1.82) is 0 Å². The maximum Gasteiger partial charge on any atom is 0.247 e. The number of aromatic amines is 4. The Kier molecular flexibility index (Phi) is 31.4. The molecule has 3 aliphatic heterocycles. The van der Waals surface area contributed by atoms with Crippen molar-refractivity contribution in [2.45, 2.75) is 24.9 Å². The Hall–Kier alpha value is -17.2. The summed E-state index contributed by atoms with van der Waals surface area (Å²) in [5.74, 6) is 3.28. The molecule has 145 heavy (non-hydrogen) atoms. The van der Waals surface area contributed by atoms with Crippen LogP contribution in [-0.4, -0.2) is 277 Å². The number of amides is 4. The van der Waals surface area contributed by atoms with Crippen LogP contribution in [-0.2, 0) is 47.4 Å². The summed E-state index contributed by atoms with van der Waals surface area (Å²) in [7, 11) is 28.7. The standard InChI is InChI=1S/C28H34N8O2.2C26H30N8O2.C25H29N7O3/c1-6-25(37)30-21-15-22(24(38-5)16-23(21)36-13-9-19(10-14-36)34(2)3)31-28-32-26(18-8-12-35(4)17-18)20-7-11-29-27(20)33-28;1-6-23(35)28-19-11-20(22(36-5)12-21(19)34-14-17(15-34)32(2)3)29-26-30-24(16-8-10-33(4)13-16)18-7-9-27-25(18)31-26;1-5-23(35)28-19-14-20(22(36-4)15-21(19)34-12-10-32(2)11-13-34)29-26-30-24(17-7-9-33(3)16-17)18-6-8-27-25(18)31-26;1-6-22(33)27-19-13-18(20(34-5)14-21(19)35-12-11-31(2)3)28-25-29-23(16-8-10-32(4)15-16)17-7-9-26-24(17)30-25/h6-8,11-12,15-17,19H,1,9-10,13-14H2,2-5H3,(H,30,37)(H2,29,31,32,33);6-13,17H,1,14-15H2,2-5H3,(H,28,35)(H2,27,29,30,31);5-9,14-16H,1,10-13H2,2-4H3,(H,28,35)(H2,27,29,30,31);6-10,13-15H,1,11-12H2,2-5H3,(H,27,33)(H2,26,28,29,30). The molecule has 0 unspecified atom stereocenters. The van der Waals surface area contributed by atoms with E-state index in [0.29, 0.717) is 129 Å². The van der Waals surface area contributed by atoms with Gasteiger partial charge in [0, 0.05) is 242 Å². The monoisotopic (exact) mass is 1960 g/mol. The van der Waals surface area contributed by atoms with Crippen LogP contribution in [0.1, 0.15) is 12.8 Å². The molecule has 40 nitrogen and oxygen atoms in total. The number of ether oxygens (including phenoxy) is 5. The lowest BCUT2D eigenvalue weighted by atomic mass is 10.0. The van der Waals surface area contributed by atoms with Gasteiger partial charge in [-0.1, -0.05) is 26.3 Å². The van der Waals surface area contributed by atoms with E-state index in [1.807, 2.05) is 225 Å². The zero-order chi connectivity index (χ0) is 102. The Balaban J connectivity index is 0.000000139. The second kappa shape index (κ2) is 45.1. The van der Waals surface area contributed by atoms with Gasteiger partial charge >= 0.3 is 0 Å². The van der Waals surface area contributed by atoms with E-state index >= 15 is 0 Å². The predicted molar refractivity (Wildman–Crippen MR) is 576 cm³/mol. The van der Waals surface area contributed by atoms with E-state index in [2.05, 4.69) is 173 Å². The van der Waals surface area contributed by atoms with Crippen molar-refractivity contribution in [2.24, 2.45) is 28.2 Å². The van der Waals surface area contributed by atoms with Gasteiger partial charge in [0.15, 0.2) is 0 Å². The minimum absolute atomic E-state index is 0.277. The average Bonchev–Trinajstić information content (AvgIpc) is 1.62. The van der Waals surface area contributed by atoms with Gasteiger partial charge < -0.3 is 139 Å². The number of anilines is 15. The van der Waals surface area contributed by atoms with E-state index in [0.717, 1.165) is 166 Å². The third-order valence-corrected chi connectivity index (χ3v) is 25.2. The van der Waals surface area contributed by atoms with Crippen LogP contribution >= 0.6 is 0 Å². The van der Waals surface area contributed by atoms with Crippen molar-refractivity contribution < 1.29 is 42.9 Å². The first-order valence-corrected chi connectivity index (χ1v) is 47.2. The number of piperazine rings is 1. The smallest absolute Gasteiger partial charge is 0.247 e. The van der Waals surface area contributed by atoms with Gasteiger partial charge in [0.2, 0.25) is 47.4 Å². The van der Waals surface area contributed by atoms with Gasteiger partial charge in [-0.25, -0.2) is 19.9 Å². The molecule has 0 aliphatic carbocycles. The molecule has 0 saturated carbocycles. The molecule has 3 saturated heterocycles. The number of nitrogens with one attached hydrogen (secondary N) is 12. The molecule has 16 aromatic rings. The van der Waals surface area contributed by atoms with Crippen LogP contribution < -0.4 is 80.9 Å². The third kappa shape index (κ3) is 23.7. The fourth-order valence-corrected chi connectivity index (χ4v) is 17.3. The van der Waals surface area contributed by atoms with Crippen LogP contribution in [0.4, 0.5) is 86.4 Å². The minimum atomic E-state index is -0.353. The number of H-pyrrole nitrogens is 4. The summed E-state index contributed by atoms with van der Waals surface area (Å²) in [5, 5.41) is 28.6. The second-order valence-corrected chi connectivity index (χ2v) is 36.0. The molecule has 752 valence electrons. The normalized spacial score (nSPS) is 13.3. The Morgan fingerprint density at radius 2 is 0.662 bits per heavy atom. The van der Waals surface area contributed by atoms with E-state index < -0.39 is 0 Å². The number of methoxy groups -OCH3 is 4. The van der Waals surface area contributed by atoms with E-state index in [9.17, 15) is 19.2 Å². The quantitative estimate of drug-likeness (QED) is 0.0170. The number of carbonyl (C=O) groups excluding carboxylic acids is 4. The molecular formula is C105H123N31O9. The summed E-state index contributed by atoms with van der Waals surface area (Å²) in [4.78, 5) is 115. The molecule has 4 amide bonds. The molecule has 3 aliphatic rings. The Labute approximate surface area is 839 Å². The fourth-order valence-electron chi connectivity index (χ4n) is 17.3. The summed E-state index contributed by atoms with van der Waals surface area (Å²) in [6.45, 7) is 22.5. The minimum Gasteiger partial charge on any atom is -0.494 e. The molecular weight excluding hydrogens is 1840 g/mol.